The van der Waals surface area contributed by atoms with Gasteiger partial charge >= 0.3 is 93.1 Å². The van der Waals surface area contributed by atoms with Gasteiger partial charge in [0.25, 0.3) is 0 Å². The first kappa shape index (κ1) is 16.0. The van der Waals surface area contributed by atoms with E-state index in [2.05, 4.69) is 53.4 Å². The summed E-state index contributed by atoms with van der Waals surface area (Å²) < 4.78 is 6.29. The summed E-state index contributed by atoms with van der Waals surface area (Å²) in [6.07, 6.45) is 5.42. The Bertz CT molecular complexity index is 587. The molecule has 110 valence electrons. The van der Waals surface area contributed by atoms with Crippen molar-refractivity contribution in [2.45, 2.75) is 27.5 Å². The van der Waals surface area contributed by atoms with E-state index in [9.17, 15) is 4.79 Å². The molecule has 1 aromatic carbocycles. The molecule has 1 heterocycles. The van der Waals surface area contributed by atoms with Gasteiger partial charge in [0.2, 0.25) is 0 Å². The number of rotatable bonds is 4. The number of allylic oxidation sites excluding steroid dienone is 3. The zero-order chi connectivity index (χ0) is 15.5. The van der Waals surface area contributed by atoms with Crippen LogP contribution in [-0.4, -0.2) is 6.41 Å². The molecule has 2 nitrogen and oxygen atoms in total. The first-order chi connectivity index (χ1) is 10.00. The molecular formula is C18H23NOTi. The summed E-state index contributed by atoms with van der Waals surface area (Å²) >= 11 is -2.00. The maximum absolute atomic E-state index is 10.6. The summed E-state index contributed by atoms with van der Waals surface area (Å²) in [4.78, 5) is 10.6. The van der Waals surface area contributed by atoms with Crippen LogP contribution >= 0.6 is 0 Å². The van der Waals surface area contributed by atoms with Crippen molar-refractivity contribution >= 4 is 12.5 Å². The molecule has 1 unspecified atom stereocenters. The van der Waals surface area contributed by atoms with Crippen molar-refractivity contribution in [1.82, 2.24) is 3.80 Å². The molecule has 1 fully saturated rings. The van der Waals surface area contributed by atoms with Gasteiger partial charge in [0.05, 0.1) is 0 Å². The van der Waals surface area contributed by atoms with Gasteiger partial charge in [-0.2, -0.15) is 0 Å². The monoisotopic (exact) mass is 317 g/mol. The fraction of sp³-hybridized carbons (Fsp3) is 0.278. The Morgan fingerprint density at radius 1 is 1.24 bits per heavy atom. The molecule has 1 amide bonds. The standard InChI is InChI=1S/C9H7.C6H10.C2H4.CH3NO.Ti/c1-2-5-9-7-3-6-8(9)4-1;1-5(2)6(3)4;1-2;2-1-3;/h1-7H;1,3H2,2,4H3;1-2H2;1H,(H2,2,3);/q;;;;+1/p-1. The van der Waals surface area contributed by atoms with Crippen molar-refractivity contribution in [2.75, 3.05) is 0 Å². The van der Waals surface area contributed by atoms with Gasteiger partial charge in [-0.15, -0.1) is 0 Å². The fourth-order valence-electron chi connectivity index (χ4n) is 2.53. The van der Waals surface area contributed by atoms with Crippen LogP contribution < -0.4 is 3.80 Å². The van der Waals surface area contributed by atoms with Gasteiger partial charge in [-0.3, -0.25) is 0 Å². The average Bonchev–Trinajstić information content (AvgIpc) is 3.10. The van der Waals surface area contributed by atoms with E-state index < -0.39 is 16.8 Å². The van der Waals surface area contributed by atoms with Crippen LogP contribution in [0.3, 0.4) is 0 Å². The molecule has 1 aliphatic heterocycles. The van der Waals surface area contributed by atoms with Crippen LogP contribution in [0.5, 0.6) is 0 Å². The second-order valence-electron chi connectivity index (χ2n) is 5.94. The van der Waals surface area contributed by atoms with E-state index in [1.165, 1.54) is 20.6 Å². The zero-order valence-corrected chi connectivity index (χ0v) is 14.4. The van der Waals surface area contributed by atoms with Crippen LogP contribution in [0.25, 0.3) is 6.08 Å². The molecule has 0 saturated carbocycles. The molecule has 3 rings (SSSR count). The predicted molar refractivity (Wildman–Crippen MR) is 86.7 cm³/mol. The number of carbonyl (C=O) groups excluding carboxylic acids is 1. The number of hydrogen-bond donors (Lipinski definition) is 1. The fourth-order valence-corrected chi connectivity index (χ4v) is 8.82. The van der Waals surface area contributed by atoms with E-state index in [-0.39, 0.29) is 0 Å². The molecule has 1 saturated heterocycles. The summed E-state index contributed by atoms with van der Waals surface area (Å²) in [6.45, 7) is 11.2. The molecule has 21 heavy (non-hydrogen) atoms. The van der Waals surface area contributed by atoms with Crippen LogP contribution in [-0.2, 0) is 21.6 Å². The molecular weight excluding hydrogens is 294 g/mol. The Balaban J connectivity index is 0.000000232. The molecule has 1 N–H and O–H groups in total. The van der Waals surface area contributed by atoms with Crippen LogP contribution in [0.1, 0.15) is 29.2 Å². The second-order valence-corrected chi connectivity index (χ2v) is 12.5. The molecule has 1 aliphatic carbocycles. The molecule has 3 heteroatoms. The third-order valence-electron chi connectivity index (χ3n) is 4.26. The number of benzene rings is 1. The van der Waals surface area contributed by atoms with Crippen molar-refractivity contribution < 1.29 is 21.6 Å². The number of carbonyl (C=O) groups is 1. The molecule has 1 aromatic rings. The Morgan fingerprint density at radius 3 is 2.38 bits per heavy atom. The number of fused-ring (bicyclic) bond motifs is 1. The molecule has 0 spiro atoms. The Morgan fingerprint density at radius 2 is 1.86 bits per heavy atom. The number of nitrogens with one attached hydrogen (secondary N) is 1. The summed E-state index contributed by atoms with van der Waals surface area (Å²) in [6, 6.07) is 8.53. The first-order valence-electron chi connectivity index (χ1n) is 7.30. The number of hydrogen-bond acceptors (Lipinski definition) is 1. The van der Waals surface area contributed by atoms with Crippen LogP contribution in [0, 0.1) is 0 Å². The summed E-state index contributed by atoms with van der Waals surface area (Å²) in [5, 5.41) is 0. The minimum atomic E-state index is -2.00. The zero-order valence-electron chi connectivity index (χ0n) is 12.9. The normalized spacial score (nSPS) is 19.8. The van der Waals surface area contributed by atoms with E-state index in [0.717, 1.165) is 17.6 Å². The van der Waals surface area contributed by atoms with Crippen molar-refractivity contribution in [2.24, 2.45) is 0 Å². The molecule has 0 radical (unpaired) electrons. The first-order valence-corrected chi connectivity index (χ1v) is 11.2. The van der Waals surface area contributed by atoms with Crippen LogP contribution in [0.15, 0.2) is 54.6 Å². The van der Waals surface area contributed by atoms with Crippen molar-refractivity contribution in [3.8, 4) is 0 Å². The quantitative estimate of drug-likeness (QED) is 0.492. The number of amides is 1. The van der Waals surface area contributed by atoms with Gasteiger partial charge in [0.15, 0.2) is 0 Å². The summed E-state index contributed by atoms with van der Waals surface area (Å²) in [5.41, 5.74) is 4.90. The van der Waals surface area contributed by atoms with Crippen molar-refractivity contribution in [3.63, 3.8) is 0 Å². The SMILES string of the molecule is C=C(C)C(=C)C.O=C[NH][Ti]1([CH]2C=Cc3ccccc32)[CH2][CH2]1. The molecule has 0 aromatic heterocycles. The third-order valence-corrected chi connectivity index (χ3v) is 10.4. The molecule has 1 atom stereocenters. The molecule has 2 aliphatic rings. The summed E-state index contributed by atoms with van der Waals surface area (Å²) in [5.74, 6) is 0. The average molecular weight is 317 g/mol. The van der Waals surface area contributed by atoms with Gasteiger partial charge in [-0.25, -0.2) is 0 Å². The Labute approximate surface area is 131 Å². The topological polar surface area (TPSA) is 29.1 Å². The van der Waals surface area contributed by atoms with Crippen LogP contribution in [0.2, 0.25) is 9.45 Å². The van der Waals surface area contributed by atoms with Gasteiger partial charge in [0, 0.05) is 0 Å². The molecule has 0 bridgehead atoms. The van der Waals surface area contributed by atoms with E-state index in [1.807, 2.05) is 13.8 Å². The van der Waals surface area contributed by atoms with Crippen LogP contribution in [0.4, 0.5) is 0 Å². The third kappa shape index (κ3) is 3.64. The van der Waals surface area contributed by atoms with E-state index in [4.69, 9.17) is 0 Å². The summed E-state index contributed by atoms with van der Waals surface area (Å²) in [7, 11) is 0. The minimum absolute atomic E-state index is 0.561. The van der Waals surface area contributed by atoms with Crippen molar-refractivity contribution in [3.05, 3.63) is 65.8 Å². The van der Waals surface area contributed by atoms with E-state index >= 15 is 0 Å². The second kappa shape index (κ2) is 6.59. The van der Waals surface area contributed by atoms with E-state index in [1.54, 1.807) is 0 Å². The Kier molecular flexibility index (Phi) is 5.02. The maximum atomic E-state index is 10.6. The van der Waals surface area contributed by atoms with Gasteiger partial charge in [-0.05, 0) is 13.8 Å². The van der Waals surface area contributed by atoms with Crippen molar-refractivity contribution in [1.29, 1.82) is 0 Å². The van der Waals surface area contributed by atoms with Gasteiger partial charge in [0.1, 0.15) is 0 Å². The van der Waals surface area contributed by atoms with Gasteiger partial charge < -0.3 is 0 Å². The van der Waals surface area contributed by atoms with E-state index in [0.29, 0.717) is 4.22 Å². The predicted octanol–water partition coefficient (Wildman–Crippen LogP) is 4.56. The van der Waals surface area contributed by atoms with Gasteiger partial charge in [-0.1, -0.05) is 24.3 Å². The Hall–Kier alpha value is -1.38.